The standard InChI is InChI=1S/C15H25N3OS/c1-3-8-16-14-12-13(7-10-17-14)15(19)18-9-5-4-6-11-20-2/h7,10,12H,3-6,8-9,11H2,1-2H3,(H,16,17)(H,18,19). The van der Waals surface area contributed by atoms with Crippen molar-refractivity contribution in [1.82, 2.24) is 10.3 Å². The number of carbonyl (C=O) groups excluding carboxylic acids is 1. The molecule has 0 aliphatic heterocycles. The van der Waals surface area contributed by atoms with Crippen LogP contribution in [0.5, 0.6) is 0 Å². The summed E-state index contributed by atoms with van der Waals surface area (Å²) in [7, 11) is 0. The van der Waals surface area contributed by atoms with Crippen molar-refractivity contribution in [2.45, 2.75) is 32.6 Å². The third-order valence-corrected chi connectivity index (χ3v) is 3.59. The predicted octanol–water partition coefficient (Wildman–Crippen LogP) is 3.17. The zero-order chi connectivity index (χ0) is 14.6. The molecule has 0 aromatic carbocycles. The second-order valence-corrected chi connectivity index (χ2v) is 5.65. The van der Waals surface area contributed by atoms with Crippen LogP contribution in [0.2, 0.25) is 0 Å². The number of hydrogen-bond acceptors (Lipinski definition) is 4. The highest BCUT2D eigenvalue weighted by Crippen LogP contribution is 2.07. The lowest BCUT2D eigenvalue weighted by atomic mass is 10.2. The van der Waals surface area contributed by atoms with Crippen LogP contribution < -0.4 is 10.6 Å². The third-order valence-electron chi connectivity index (χ3n) is 2.89. The Bertz CT molecular complexity index is 398. The Morgan fingerprint density at radius 2 is 2.15 bits per heavy atom. The van der Waals surface area contributed by atoms with Crippen LogP contribution in [-0.4, -0.2) is 36.0 Å². The van der Waals surface area contributed by atoms with Crippen molar-refractivity contribution >= 4 is 23.5 Å². The summed E-state index contributed by atoms with van der Waals surface area (Å²) in [5.41, 5.74) is 0.669. The van der Waals surface area contributed by atoms with Crippen molar-refractivity contribution in [3.63, 3.8) is 0 Å². The van der Waals surface area contributed by atoms with Gasteiger partial charge in [-0.25, -0.2) is 4.98 Å². The smallest absolute Gasteiger partial charge is 0.251 e. The van der Waals surface area contributed by atoms with Crippen LogP contribution in [0.4, 0.5) is 5.82 Å². The van der Waals surface area contributed by atoms with E-state index in [1.54, 1.807) is 18.3 Å². The monoisotopic (exact) mass is 295 g/mol. The van der Waals surface area contributed by atoms with Gasteiger partial charge in [-0.05, 0) is 43.4 Å². The second-order valence-electron chi connectivity index (χ2n) is 4.67. The first kappa shape index (κ1) is 16.8. The van der Waals surface area contributed by atoms with Gasteiger partial charge in [-0.15, -0.1) is 0 Å². The fourth-order valence-corrected chi connectivity index (χ4v) is 2.27. The van der Waals surface area contributed by atoms with Gasteiger partial charge in [0.05, 0.1) is 0 Å². The first-order valence-corrected chi connectivity index (χ1v) is 8.64. The molecule has 0 bridgehead atoms. The van der Waals surface area contributed by atoms with Crippen LogP contribution in [0.1, 0.15) is 43.0 Å². The van der Waals surface area contributed by atoms with Crippen molar-refractivity contribution in [2.24, 2.45) is 0 Å². The molecule has 2 N–H and O–H groups in total. The number of anilines is 1. The van der Waals surface area contributed by atoms with Crippen molar-refractivity contribution in [3.8, 4) is 0 Å². The molecule has 0 fully saturated rings. The van der Waals surface area contributed by atoms with Crippen molar-refractivity contribution in [1.29, 1.82) is 0 Å². The third kappa shape index (κ3) is 6.80. The summed E-state index contributed by atoms with van der Waals surface area (Å²) in [4.78, 5) is 16.2. The van der Waals surface area contributed by atoms with Crippen LogP contribution in [0.3, 0.4) is 0 Å². The Morgan fingerprint density at radius 1 is 1.30 bits per heavy atom. The highest BCUT2D eigenvalue weighted by Gasteiger charge is 2.05. The predicted molar refractivity (Wildman–Crippen MR) is 87.6 cm³/mol. The van der Waals surface area contributed by atoms with Gasteiger partial charge in [0.2, 0.25) is 0 Å². The highest BCUT2D eigenvalue weighted by atomic mass is 32.2. The molecule has 1 heterocycles. The zero-order valence-corrected chi connectivity index (χ0v) is 13.3. The highest BCUT2D eigenvalue weighted by molar-refractivity contribution is 7.98. The van der Waals surface area contributed by atoms with Gasteiger partial charge in [0.15, 0.2) is 0 Å². The molecule has 0 spiro atoms. The maximum Gasteiger partial charge on any atom is 0.251 e. The Kier molecular flexibility index (Phi) is 8.87. The van der Waals surface area contributed by atoms with E-state index in [1.807, 2.05) is 11.8 Å². The SMILES string of the molecule is CCCNc1cc(C(=O)NCCCCCSC)ccn1. The van der Waals surface area contributed by atoms with Gasteiger partial charge in [0.25, 0.3) is 5.91 Å². The summed E-state index contributed by atoms with van der Waals surface area (Å²) in [5.74, 6) is 1.95. The molecule has 1 aromatic heterocycles. The van der Waals surface area contributed by atoms with E-state index in [4.69, 9.17) is 0 Å². The second kappa shape index (κ2) is 10.5. The molecule has 0 unspecified atom stereocenters. The Balaban J connectivity index is 2.31. The van der Waals surface area contributed by atoms with Gasteiger partial charge in [0, 0.05) is 24.8 Å². The molecule has 0 saturated heterocycles. The van der Waals surface area contributed by atoms with E-state index in [0.717, 1.165) is 31.7 Å². The zero-order valence-electron chi connectivity index (χ0n) is 12.4. The molecule has 1 rings (SSSR count). The number of thioether (sulfide) groups is 1. The number of pyridine rings is 1. The number of unbranched alkanes of at least 4 members (excludes halogenated alkanes) is 2. The van der Waals surface area contributed by atoms with Gasteiger partial charge in [-0.2, -0.15) is 11.8 Å². The topological polar surface area (TPSA) is 54.0 Å². The quantitative estimate of drug-likeness (QED) is 0.651. The lowest BCUT2D eigenvalue weighted by molar-refractivity contribution is 0.0953. The average molecular weight is 295 g/mol. The molecule has 5 heteroatoms. The number of nitrogens with zero attached hydrogens (tertiary/aromatic N) is 1. The number of aromatic nitrogens is 1. The van der Waals surface area contributed by atoms with Crippen LogP contribution in [0.15, 0.2) is 18.3 Å². The number of hydrogen-bond donors (Lipinski definition) is 2. The van der Waals surface area contributed by atoms with E-state index < -0.39 is 0 Å². The van der Waals surface area contributed by atoms with Crippen LogP contribution in [0.25, 0.3) is 0 Å². The molecule has 0 saturated carbocycles. The molecule has 112 valence electrons. The minimum absolute atomic E-state index is 0.0168. The fraction of sp³-hybridized carbons (Fsp3) is 0.600. The first-order valence-electron chi connectivity index (χ1n) is 7.25. The molecule has 4 nitrogen and oxygen atoms in total. The van der Waals surface area contributed by atoms with Gasteiger partial charge in [0.1, 0.15) is 5.82 Å². The number of amides is 1. The van der Waals surface area contributed by atoms with Crippen LogP contribution >= 0.6 is 11.8 Å². The molecule has 0 aliphatic rings. The summed E-state index contributed by atoms with van der Waals surface area (Å²) >= 11 is 1.87. The molecule has 0 aliphatic carbocycles. The molecule has 0 radical (unpaired) electrons. The van der Waals surface area contributed by atoms with Gasteiger partial charge >= 0.3 is 0 Å². The summed E-state index contributed by atoms with van der Waals surface area (Å²) in [5, 5.41) is 6.14. The lowest BCUT2D eigenvalue weighted by Crippen LogP contribution is -2.24. The van der Waals surface area contributed by atoms with Crippen molar-refractivity contribution in [2.75, 3.05) is 30.4 Å². The molecule has 0 atom stereocenters. The maximum absolute atomic E-state index is 12.0. The molecular formula is C15H25N3OS. The van der Waals surface area contributed by atoms with Gasteiger partial charge < -0.3 is 10.6 Å². The fourth-order valence-electron chi connectivity index (χ4n) is 1.77. The summed E-state index contributed by atoms with van der Waals surface area (Å²) in [6.07, 6.45) is 8.26. The largest absolute Gasteiger partial charge is 0.370 e. The summed E-state index contributed by atoms with van der Waals surface area (Å²) < 4.78 is 0. The average Bonchev–Trinajstić information content (AvgIpc) is 2.48. The Labute approximate surface area is 126 Å². The minimum Gasteiger partial charge on any atom is -0.370 e. The Hall–Kier alpha value is -1.23. The van der Waals surface area contributed by atoms with E-state index in [9.17, 15) is 4.79 Å². The van der Waals surface area contributed by atoms with E-state index >= 15 is 0 Å². The normalized spacial score (nSPS) is 10.3. The number of nitrogens with one attached hydrogen (secondary N) is 2. The minimum atomic E-state index is -0.0168. The van der Waals surface area contributed by atoms with E-state index in [0.29, 0.717) is 5.56 Å². The van der Waals surface area contributed by atoms with Gasteiger partial charge in [-0.1, -0.05) is 13.3 Å². The molecule has 1 aromatic rings. The summed E-state index contributed by atoms with van der Waals surface area (Å²) in [6.45, 7) is 3.71. The summed E-state index contributed by atoms with van der Waals surface area (Å²) in [6, 6.07) is 3.55. The molecule has 1 amide bonds. The Morgan fingerprint density at radius 3 is 2.90 bits per heavy atom. The van der Waals surface area contributed by atoms with E-state index in [2.05, 4.69) is 28.8 Å². The molecular weight excluding hydrogens is 270 g/mol. The number of rotatable bonds is 10. The number of carbonyl (C=O) groups is 1. The first-order chi connectivity index (χ1) is 9.77. The van der Waals surface area contributed by atoms with Crippen molar-refractivity contribution < 1.29 is 4.79 Å². The lowest BCUT2D eigenvalue weighted by Gasteiger charge is -2.07. The van der Waals surface area contributed by atoms with Crippen LogP contribution in [-0.2, 0) is 0 Å². The molecule has 20 heavy (non-hydrogen) atoms. The van der Waals surface area contributed by atoms with Crippen LogP contribution in [0, 0.1) is 0 Å². The maximum atomic E-state index is 12.0. The van der Waals surface area contributed by atoms with E-state index in [-0.39, 0.29) is 5.91 Å². The van der Waals surface area contributed by atoms with E-state index in [1.165, 1.54) is 18.6 Å². The van der Waals surface area contributed by atoms with Gasteiger partial charge in [-0.3, -0.25) is 4.79 Å². The van der Waals surface area contributed by atoms with Crippen molar-refractivity contribution in [3.05, 3.63) is 23.9 Å².